The SMILES string of the molecule is CCC[C@@H](C)Oc1nc(N)c(N=O)c(N(CC=O)Cc2ccc(CN3CCCC3)cc2)n1. The number of nitrogens with two attached hydrogens (primary N) is 1. The fraction of sp³-hybridized carbons (Fsp3) is 0.522. The number of carbonyl (C=O) groups excluding carboxylic acids is 1. The number of aldehydes is 1. The maximum Gasteiger partial charge on any atom is 0.320 e. The summed E-state index contributed by atoms with van der Waals surface area (Å²) in [5, 5.41) is 3.02. The molecule has 3 rings (SSSR count). The number of likely N-dealkylation sites (tertiary alicyclic amines) is 1. The Kier molecular flexibility index (Phi) is 8.49. The fourth-order valence-corrected chi connectivity index (χ4v) is 3.93. The summed E-state index contributed by atoms with van der Waals surface area (Å²) in [5.41, 5.74) is 8.10. The number of nitrogen functional groups attached to an aromatic ring is 1. The molecule has 9 heteroatoms. The van der Waals surface area contributed by atoms with Gasteiger partial charge in [0.15, 0.2) is 17.3 Å². The van der Waals surface area contributed by atoms with Crippen LogP contribution < -0.4 is 15.4 Å². The van der Waals surface area contributed by atoms with Crippen molar-refractivity contribution in [2.75, 3.05) is 30.3 Å². The van der Waals surface area contributed by atoms with Crippen LogP contribution in [-0.4, -0.2) is 46.9 Å². The van der Waals surface area contributed by atoms with Gasteiger partial charge in [-0.1, -0.05) is 37.6 Å². The van der Waals surface area contributed by atoms with Crippen LogP contribution in [0.15, 0.2) is 29.4 Å². The molecule has 1 fully saturated rings. The van der Waals surface area contributed by atoms with E-state index in [9.17, 15) is 9.70 Å². The molecule has 0 saturated carbocycles. The molecule has 172 valence electrons. The molecule has 2 aromatic rings. The van der Waals surface area contributed by atoms with Crippen LogP contribution in [0.25, 0.3) is 0 Å². The number of aromatic nitrogens is 2. The van der Waals surface area contributed by atoms with Gasteiger partial charge in [0.2, 0.25) is 0 Å². The summed E-state index contributed by atoms with van der Waals surface area (Å²) in [7, 11) is 0. The van der Waals surface area contributed by atoms with Gasteiger partial charge in [-0.2, -0.15) is 9.97 Å². The highest BCUT2D eigenvalue weighted by Gasteiger charge is 2.21. The lowest BCUT2D eigenvalue weighted by Crippen LogP contribution is -2.27. The molecule has 0 amide bonds. The van der Waals surface area contributed by atoms with Crippen LogP contribution in [0.4, 0.5) is 17.3 Å². The summed E-state index contributed by atoms with van der Waals surface area (Å²) in [6.45, 7) is 7.60. The largest absolute Gasteiger partial charge is 0.460 e. The van der Waals surface area contributed by atoms with Crippen molar-refractivity contribution in [3.63, 3.8) is 0 Å². The highest BCUT2D eigenvalue weighted by Crippen LogP contribution is 2.34. The van der Waals surface area contributed by atoms with Crippen molar-refractivity contribution < 1.29 is 9.53 Å². The predicted molar refractivity (Wildman–Crippen MR) is 125 cm³/mol. The smallest absolute Gasteiger partial charge is 0.320 e. The molecule has 0 bridgehead atoms. The molecule has 1 aromatic heterocycles. The molecule has 1 aliphatic rings. The number of ether oxygens (including phenoxy) is 1. The van der Waals surface area contributed by atoms with Gasteiger partial charge in [-0.05, 0) is 55.6 Å². The minimum Gasteiger partial charge on any atom is -0.460 e. The first kappa shape index (κ1) is 23.6. The van der Waals surface area contributed by atoms with E-state index in [1.165, 1.54) is 18.4 Å². The van der Waals surface area contributed by atoms with Gasteiger partial charge in [-0.15, -0.1) is 4.91 Å². The lowest BCUT2D eigenvalue weighted by molar-refractivity contribution is -0.106. The molecule has 0 unspecified atom stereocenters. The monoisotopic (exact) mass is 440 g/mol. The molecule has 0 radical (unpaired) electrons. The van der Waals surface area contributed by atoms with Crippen molar-refractivity contribution in [1.29, 1.82) is 0 Å². The first-order valence-electron chi connectivity index (χ1n) is 11.2. The normalized spacial score (nSPS) is 14.8. The summed E-state index contributed by atoms with van der Waals surface area (Å²) < 4.78 is 5.77. The average molecular weight is 441 g/mol. The highest BCUT2D eigenvalue weighted by molar-refractivity contribution is 5.75. The van der Waals surface area contributed by atoms with E-state index in [1.807, 2.05) is 19.1 Å². The first-order chi connectivity index (χ1) is 15.5. The third-order valence-corrected chi connectivity index (χ3v) is 5.56. The van der Waals surface area contributed by atoms with E-state index < -0.39 is 0 Å². The second kappa shape index (κ2) is 11.5. The zero-order chi connectivity index (χ0) is 22.9. The van der Waals surface area contributed by atoms with Crippen LogP contribution in [0.5, 0.6) is 6.01 Å². The summed E-state index contributed by atoms with van der Waals surface area (Å²) >= 11 is 0. The minimum absolute atomic E-state index is 0.0262. The number of benzene rings is 1. The van der Waals surface area contributed by atoms with Gasteiger partial charge in [-0.3, -0.25) is 4.90 Å². The molecule has 32 heavy (non-hydrogen) atoms. The van der Waals surface area contributed by atoms with Gasteiger partial charge in [-0.25, -0.2) is 0 Å². The number of hydrogen-bond donors (Lipinski definition) is 1. The molecule has 2 N–H and O–H groups in total. The van der Waals surface area contributed by atoms with Gasteiger partial charge in [0.05, 0.1) is 12.6 Å². The molecular formula is C23H32N6O3. The van der Waals surface area contributed by atoms with Crippen LogP contribution in [0.1, 0.15) is 50.7 Å². The predicted octanol–water partition coefficient (Wildman–Crippen LogP) is 3.83. The molecule has 1 aromatic carbocycles. The lowest BCUT2D eigenvalue weighted by atomic mass is 10.1. The molecular weight excluding hydrogens is 408 g/mol. The molecule has 0 spiro atoms. The van der Waals surface area contributed by atoms with E-state index in [1.54, 1.807) is 4.90 Å². The molecule has 1 saturated heterocycles. The van der Waals surface area contributed by atoms with Gasteiger partial charge >= 0.3 is 6.01 Å². The van der Waals surface area contributed by atoms with Crippen molar-refractivity contribution >= 4 is 23.6 Å². The Labute approximate surface area is 188 Å². The second-order valence-electron chi connectivity index (χ2n) is 8.22. The number of hydrogen-bond acceptors (Lipinski definition) is 9. The van der Waals surface area contributed by atoms with Gasteiger partial charge in [0, 0.05) is 13.1 Å². The summed E-state index contributed by atoms with van der Waals surface area (Å²) in [5.74, 6) is 0.125. The molecule has 2 heterocycles. The lowest BCUT2D eigenvalue weighted by Gasteiger charge is -2.23. The number of nitrogens with zero attached hydrogens (tertiary/aromatic N) is 5. The van der Waals surface area contributed by atoms with E-state index in [0.29, 0.717) is 6.54 Å². The Morgan fingerprint density at radius 3 is 2.53 bits per heavy atom. The van der Waals surface area contributed by atoms with Gasteiger partial charge in [0.25, 0.3) is 0 Å². The number of rotatable bonds is 12. The zero-order valence-electron chi connectivity index (χ0n) is 18.9. The van der Waals surface area contributed by atoms with Crippen LogP contribution >= 0.6 is 0 Å². The quantitative estimate of drug-likeness (QED) is 0.391. The molecule has 0 aliphatic carbocycles. The van der Waals surface area contributed by atoms with Gasteiger partial charge < -0.3 is 20.2 Å². The maximum absolute atomic E-state index is 11.5. The molecule has 1 aliphatic heterocycles. The highest BCUT2D eigenvalue weighted by atomic mass is 16.5. The fourth-order valence-electron chi connectivity index (χ4n) is 3.93. The molecule has 1 atom stereocenters. The first-order valence-corrected chi connectivity index (χ1v) is 11.2. The Hall–Kier alpha value is -3.07. The van der Waals surface area contributed by atoms with Crippen molar-refractivity contribution in [2.45, 2.75) is 58.7 Å². The van der Waals surface area contributed by atoms with E-state index in [4.69, 9.17) is 10.5 Å². The Morgan fingerprint density at radius 1 is 1.22 bits per heavy atom. The topological polar surface area (TPSA) is 114 Å². The average Bonchev–Trinajstić information content (AvgIpc) is 3.27. The minimum atomic E-state index is -0.107. The van der Waals surface area contributed by atoms with Crippen LogP contribution in [-0.2, 0) is 17.9 Å². The van der Waals surface area contributed by atoms with Crippen LogP contribution in [0.3, 0.4) is 0 Å². The summed E-state index contributed by atoms with van der Waals surface area (Å²) in [6.07, 6.45) is 4.95. The summed E-state index contributed by atoms with van der Waals surface area (Å²) in [6, 6.07) is 8.33. The maximum atomic E-state index is 11.5. The third-order valence-electron chi connectivity index (χ3n) is 5.56. The second-order valence-corrected chi connectivity index (χ2v) is 8.22. The van der Waals surface area contributed by atoms with E-state index in [2.05, 4.69) is 39.1 Å². The van der Waals surface area contributed by atoms with Crippen molar-refractivity contribution in [1.82, 2.24) is 14.9 Å². The number of nitroso groups, excluding NO2 is 1. The van der Waals surface area contributed by atoms with Crippen molar-refractivity contribution in [2.24, 2.45) is 5.18 Å². The van der Waals surface area contributed by atoms with Crippen LogP contribution in [0, 0.1) is 4.91 Å². The van der Waals surface area contributed by atoms with E-state index in [-0.39, 0.29) is 36.0 Å². The number of carbonyl (C=O) groups is 1. The number of anilines is 2. The van der Waals surface area contributed by atoms with Crippen molar-refractivity contribution in [3.8, 4) is 6.01 Å². The molecule has 9 nitrogen and oxygen atoms in total. The third kappa shape index (κ3) is 6.23. The standard InChI is InChI=1S/C23H32N6O3/c1-3-6-17(2)32-23-25-21(24)20(27-31)22(26-23)29(13-14-30)16-19-9-7-18(8-10-19)15-28-11-4-5-12-28/h7-10,14,17H,3-6,11-13,15-16H2,1-2H3,(H2,24,25,26)/t17-/m1/s1. The summed E-state index contributed by atoms with van der Waals surface area (Å²) in [4.78, 5) is 35.4. The van der Waals surface area contributed by atoms with E-state index >= 15 is 0 Å². The van der Waals surface area contributed by atoms with Crippen molar-refractivity contribution in [3.05, 3.63) is 40.3 Å². The Bertz CT molecular complexity index is 899. The van der Waals surface area contributed by atoms with E-state index in [0.717, 1.165) is 44.3 Å². The Balaban J connectivity index is 1.81. The zero-order valence-corrected chi connectivity index (χ0v) is 18.9. The van der Waals surface area contributed by atoms with Crippen LogP contribution in [0.2, 0.25) is 0 Å². The Morgan fingerprint density at radius 2 is 1.91 bits per heavy atom. The van der Waals surface area contributed by atoms with Gasteiger partial charge in [0.1, 0.15) is 6.29 Å².